The lowest BCUT2D eigenvalue weighted by Gasteiger charge is -2.07. The van der Waals surface area contributed by atoms with Crippen molar-refractivity contribution in [1.29, 1.82) is 5.26 Å². The average Bonchev–Trinajstić information content (AvgIpc) is 3.21. The minimum Gasteiger partial charge on any atom is -0.464 e. The number of nitrogens with zero attached hydrogens (tertiary/aromatic N) is 6. The second kappa shape index (κ2) is 9.78. The molecule has 28 heavy (non-hydrogen) atoms. The van der Waals surface area contributed by atoms with Gasteiger partial charge in [0, 0.05) is 18.2 Å². The molecule has 0 aliphatic carbocycles. The number of carbonyl (C=O) groups is 1. The number of tetrazole rings is 1. The van der Waals surface area contributed by atoms with Gasteiger partial charge < -0.3 is 10.1 Å². The molecule has 1 N–H and O–H groups in total. The van der Waals surface area contributed by atoms with Crippen molar-refractivity contribution in [1.82, 2.24) is 25.2 Å². The summed E-state index contributed by atoms with van der Waals surface area (Å²) in [6, 6.07) is 15.0. The van der Waals surface area contributed by atoms with E-state index in [2.05, 4.69) is 25.7 Å². The first kappa shape index (κ1) is 19.0. The van der Waals surface area contributed by atoms with Gasteiger partial charge in [0.15, 0.2) is 0 Å². The fourth-order valence-electron chi connectivity index (χ4n) is 2.45. The number of esters is 1. The highest BCUT2D eigenvalue weighted by atomic mass is 16.5. The Morgan fingerprint density at radius 3 is 2.89 bits per heavy atom. The molecule has 0 saturated heterocycles. The second-order valence-corrected chi connectivity index (χ2v) is 5.84. The summed E-state index contributed by atoms with van der Waals surface area (Å²) in [4.78, 5) is 17.4. The zero-order valence-electron chi connectivity index (χ0n) is 15.2. The van der Waals surface area contributed by atoms with Crippen LogP contribution in [0, 0.1) is 11.3 Å². The lowest BCUT2D eigenvalue weighted by molar-refractivity contribution is -0.143. The maximum absolute atomic E-state index is 11.8. The monoisotopic (exact) mass is 377 g/mol. The largest absolute Gasteiger partial charge is 0.464 e. The third-order valence-electron chi connectivity index (χ3n) is 3.81. The van der Waals surface area contributed by atoms with Crippen LogP contribution in [0.1, 0.15) is 18.4 Å². The molecule has 1 aromatic carbocycles. The van der Waals surface area contributed by atoms with Crippen molar-refractivity contribution in [2.75, 3.05) is 18.5 Å². The normalized spacial score (nSPS) is 10.2. The van der Waals surface area contributed by atoms with Crippen LogP contribution in [0.25, 0.3) is 11.4 Å². The lowest BCUT2D eigenvalue weighted by atomic mass is 10.2. The van der Waals surface area contributed by atoms with Crippen LogP contribution in [0.2, 0.25) is 0 Å². The van der Waals surface area contributed by atoms with Gasteiger partial charge in [0.25, 0.3) is 0 Å². The van der Waals surface area contributed by atoms with E-state index in [1.165, 1.54) is 4.80 Å². The molecule has 0 radical (unpaired) electrons. The minimum absolute atomic E-state index is 0.194. The molecule has 0 spiro atoms. The van der Waals surface area contributed by atoms with Gasteiger partial charge in [0.2, 0.25) is 5.82 Å². The van der Waals surface area contributed by atoms with Gasteiger partial charge in [-0.05, 0) is 23.8 Å². The Balaban J connectivity index is 1.34. The predicted molar refractivity (Wildman–Crippen MR) is 101 cm³/mol. The molecule has 0 atom stereocenters. The zero-order chi connectivity index (χ0) is 19.6. The minimum atomic E-state index is -0.299. The molecule has 9 heteroatoms. The van der Waals surface area contributed by atoms with E-state index in [9.17, 15) is 4.79 Å². The predicted octanol–water partition coefficient (Wildman–Crippen LogP) is 2.04. The van der Waals surface area contributed by atoms with Gasteiger partial charge in [0.05, 0.1) is 18.7 Å². The Kier molecular flexibility index (Phi) is 6.62. The van der Waals surface area contributed by atoms with E-state index in [4.69, 9.17) is 10.00 Å². The number of aromatic nitrogens is 5. The quantitative estimate of drug-likeness (QED) is 0.444. The number of rotatable bonds is 9. The third kappa shape index (κ3) is 5.35. The van der Waals surface area contributed by atoms with Crippen LogP contribution in [0.5, 0.6) is 0 Å². The van der Waals surface area contributed by atoms with Crippen LogP contribution in [0.3, 0.4) is 0 Å². The van der Waals surface area contributed by atoms with Crippen molar-refractivity contribution in [2.24, 2.45) is 0 Å². The van der Waals surface area contributed by atoms with Crippen LogP contribution in [-0.4, -0.2) is 44.3 Å². The number of anilines is 1. The van der Waals surface area contributed by atoms with E-state index in [0.717, 1.165) is 5.56 Å². The first-order chi connectivity index (χ1) is 13.8. The summed E-state index contributed by atoms with van der Waals surface area (Å²) in [5, 5.41) is 24.3. The number of aryl methyl sites for hydroxylation is 1. The Morgan fingerprint density at radius 2 is 2.07 bits per heavy atom. The molecule has 0 aliphatic rings. The fourth-order valence-corrected chi connectivity index (χ4v) is 2.45. The van der Waals surface area contributed by atoms with Gasteiger partial charge >= 0.3 is 5.97 Å². The molecule has 2 aromatic heterocycles. The molecule has 0 saturated carbocycles. The van der Waals surface area contributed by atoms with Gasteiger partial charge in [-0.15, -0.1) is 10.2 Å². The molecule has 0 unspecified atom stereocenters. The highest BCUT2D eigenvalue weighted by Gasteiger charge is 2.07. The van der Waals surface area contributed by atoms with E-state index in [0.29, 0.717) is 36.7 Å². The lowest BCUT2D eigenvalue weighted by Crippen LogP contribution is -2.15. The van der Waals surface area contributed by atoms with E-state index in [1.54, 1.807) is 18.3 Å². The first-order valence-corrected chi connectivity index (χ1v) is 8.84. The molecule has 0 bridgehead atoms. The number of nitriles is 1. The van der Waals surface area contributed by atoms with Gasteiger partial charge in [-0.1, -0.05) is 30.3 Å². The number of carbonyl (C=O) groups excluding carboxylic acids is 1. The van der Waals surface area contributed by atoms with Crippen molar-refractivity contribution in [2.45, 2.75) is 19.4 Å². The summed E-state index contributed by atoms with van der Waals surface area (Å²) in [6.45, 7) is 1.05. The Labute approximate surface area is 162 Å². The Morgan fingerprint density at radius 1 is 1.21 bits per heavy atom. The number of hydrogen-bond donors (Lipinski definition) is 1. The van der Waals surface area contributed by atoms with Gasteiger partial charge in [-0.3, -0.25) is 4.79 Å². The Hall–Kier alpha value is -3.80. The summed E-state index contributed by atoms with van der Waals surface area (Å²) in [7, 11) is 0. The number of nitrogens with one attached hydrogen (secondary N) is 1. The van der Waals surface area contributed by atoms with Crippen molar-refractivity contribution >= 4 is 11.8 Å². The third-order valence-corrected chi connectivity index (χ3v) is 3.81. The highest BCUT2D eigenvalue weighted by molar-refractivity contribution is 5.69. The molecule has 0 aliphatic heterocycles. The molecule has 2 heterocycles. The van der Waals surface area contributed by atoms with E-state index in [1.807, 2.05) is 36.4 Å². The molecule has 9 nitrogen and oxygen atoms in total. The number of pyridine rings is 1. The molecule has 0 fully saturated rings. The standard InChI is InChI=1S/C19H19N7O2/c20-14-16-8-4-10-21-18(16)22-11-13-28-17(27)9-5-12-26-24-19(23-25-26)15-6-2-1-3-7-15/h1-4,6-8,10H,5,9,11-13H2,(H,21,22). The molecule has 0 amide bonds. The maximum atomic E-state index is 11.8. The zero-order valence-corrected chi connectivity index (χ0v) is 15.2. The fraction of sp³-hybridized carbons (Fsp3) is 0.263. The maximum Gasteiger partial charge on any atom is 0.305 e. The van der Waals surface area contributed by atoms with Crippen molar-refractivity contribution in [3.05, 3.63) is 54.2 Å². The summed E-state index contributed by atoms with van der Waals surface area (Å²) < 4.78 is 5.17. The molecular weight excluding hydrogens is 358 g/mol. The van der Waals surface area contributed by atoms with Crippen LogP contribution < -0.4 is 5.32 Å². The summed E-state index contributed by atoms with van der Waals surface area (Å²) >= 11 is 0. The highest BCUT2D eigenvalue weighted by Crippen LogP contribution is 2.12. The SMILES string of the molecule is N#Cc1cccnc1NCCOC(=O)CCCn1nnc(-c2ccccc2)n1. The second-order valence-electron chi connectivity index (χ2n) is 5.84. The van der Waals surface area contributed by atoms with E-state index < -0.39 is 0 Å². The average molecular weight is 377 g/mol. The van der Waals surface area contributed by atoms with E-state index in [-0.39, 0.29) is 19.0 Å². The van der Waals surface area contributed by atoms with Crippen LogP contribution in [-0.2, 0) is 16.1 Å². The van der Waals surface area contributed by atoms with E-state index >= 15 is 0 Å². The van der Waals surface area contributed by atoms with Gasteiger partial charge in [0.1, 0.15) is 18.5 Å². The van der Waals surface area contributed by atoms with Crippen molar-refractivity contribution < 1.29 is 9.53 Å². The molecular formula is C19H19N7O2. The number of hydrogen-bond acceptors (Lipinski definition) is 8. The van der Waals surface area contributed by atoms with Crippen molar-refractivity contribution in [3.8, 4) is 17.5 Å². The number of benzene rings is 1. The smallest absolute Gasteiger partial charge is 0.305 e. The van der Waals surface area contributed by atoms with Crippen LogP contribution in [0.4, 0.5) is 5.82 Å². The topological polar surface area (TPSA) is 119 Å². The molecule has 3 aromatic rings. The molecule has 142 valence electrons. The first-order valence-electron chi connectivity index (χ1n) is 8.84. The summed E-state index contributed by atoms with van der Waals surface area (Å²) in [5.41, 5.74) is 1.34. The van der Waals surface area contributed by atoms with Crippen molar-refractivity contribution in [3.63, 3.8) is 0 Å². The van der Waals surface area contributed by atoms with Gasteiger partial charge in [-0.2, -0.15) is 10.1 Å². The van der Waals surface area contributed by atoms with Crippen LogP contribution in [0.15, 0.2) is 48.7 Å². The van der Waals surface area contributed by atoms with Gasteiger partial charge in [-0.25, -0.2) is 4.98 Å². The summed E-state index contributed by atoms with van der Waals surface area (Å²) in [5.74, 6) is 0.736. The molecule has 3 rings (SSSR count). The Bertz CT molecular complexity index is 950. The van der Waals surface area contributed by atoms with Crippen LogP contribution >= 0.6 is 0 Å². The number of ether oxygens (including phenoxy) is 1. The summed E-state index contributed by atoms with van der Waals surface area (Å²) in [6.07, 6.45) is 2.40.